The predicted molar refractivity (Wildman–Crippen MR) is 40.2 cm³/mol. The van der Waals surface area contributed by atoms with Crippen LogP contribution in [0.15, 0.2) is 11.3 Å². The van der Waals surface area contributed by atoms with Crippen molar-refractivity contribution in [1.82, 2.24) is 0 Å². The first kappa shape index (κ1) is 7.80. The lowest BCUT2D eigenvalue weighted by molar-refractivity contribution is -0.116. The molecular weight excluding hydrogens is 140 g/mol. The smallest absolute Gasteiger partial charge is 0.178 e. The molecule has 0 aromatic carbocycles. The lowest BCUT2D eigenvalue weighted by atomic mass is 10.1. The Balaban J connectivity index is 2.79. The predicted octanol–water partition coefficient (Wildman–Crippen LogP) is 0.722. The van der Waals surface area contributed by atoms with Crippen molar-refractivity contribution in [3.63, 3.8) is 0 Å². The number of allylic oxidation sites excluding steroid dienone is 2. The number of nitriles is 1. The van der Waals surface area contributed by atoms with E-state index in [1.54, 1.807) is 6.92 Å². The van der Waals surface area contributed by atoms with Gasteiger partial charge >= 0.3 is 0 Å². The lowest BCUT2D eigenvalue weighted by Gasteiger charge is -1.96. The van der Waals surface area contributed by atoms with Gasteiger partial charge in [-0.25, -0.2) is 0 Å². The minimum Gasteiger partial charge on any atom is -0.401 e. The Hall–Kier alpha value is -1.30. The summed E-state index contributed by atoms with van der Waals surface area (Å²) in [5.41, 5.74) is 5.83. The van der Waals surface area contributed by atoms with E-state index in [-0.39, 0.29) is 17.3 Å². The third-order valence-electron chi connectivity index (χ3n) is 1.70. The molecule has 0 amide bonds. The number of Topliss-reactive ketones (excluding diaryl/α,β-unsaturated/α-hetero) is 1. The molecule has 0 unspecified atom stereocenters. The van der Waals surface area contributed by atoms with E-state index in [0.717, 1.165) is 12.8 Å². The van der Waals surface area contributed by atoms with Gasteiger partial charge in [0.25, 0.3) is 0 Å². The van der Waals surface area contributed by atoms with Crippen LogP contribution in [0.1, 0.15) is 19.8 Å². The normalized spacial score (nSPS) is 18.5. The van der Waals surface area contributed by atoms with Gasteiger partial charge in [-0.3, -0.25) is 4.79 Å². The fourth-order valence-electron chi connectivity index (χ4n) is 0.887. The molecule has 11 heavy (non-hydrogen) atoms. The molecule has 0 bridgehead atoms. The average molecular weight is 150 g/mol. The van der Waals surface area contributed by atoms with Crippen LogP contribution in [0, 0.1) is 17.2 Å². The fourth-order valence-corrected chi connectivity index (χ4v) is 0.887. The second-order valence-corrected chi connectivity index (χ2v) is 2.81. The zero-order chi connectivity index (χ0) is 8.43. The summed E-state index contributed by atoms with van der Waals surface area (Å²) >= 11 is 0. The third kappa shape index (κ3) is 1.58. The van der Waals surface area contributed by atoms with Gasteiger partial charge in [-0.1, -0.05) is 0 Å². The van der Waals surface area contributed by atoms with Gasteiger partial charge in [0.05, 0.1) is 0 Å². The van der Waals surface area contributed by atoms with Crippen molar-refractivity contribution < 1.29 is 4.79 Å². The van der Waals surface area contributed by atoms with Gasteiger partial charge in [-0.05, 0) is 19.8 Å². The molecule has 0 aromatic rings. The summed E-state index contributed by atoms with van der Waals surface area (Å²) in [4.78, 5) is 11.2. The summed E-state index contributed by atoms with van der Waals surface area (Å²) in [5, 5.41) is 8.53. The zero-order valence-electron chi connectivity index (χ0n) is 6.42. The average Bonchev–Trinajstić information content (AvgIpc) is 2.68. The number of rotatable bonds is 2. The Bertz CT molecular complexity index is 252. The number of carbonyl (C=O) groups excluding carboxylic acids is 1. The molecule has 2 N–H and O–H groups in total. The summed E-state index contributed by atoms with van der Waals surface area (Å²) in [5.74, 6) is 0.00986. The van der Waals surface area contributed by atoms with Crippen molar-refractivity contribution in [2.45, 2.75) is 19.8 Å². The van der Waals surface area contributed by atoms with E-state index in [1.807, 2.05) is 6.07 Å². The SMILES string of the molecule is CC(N)=C(C#N)C(=O)C1CC1. The van der Waals surface area contributed by atoms with Crippen molar-refractivity contribution in [2.24, 2.45) is 11.7 Å². The van der Waals surface area contributed by atoms with Crippen LogP contribution < -0.4 is 5.73 Å². The quantitative estimate of drug-likeness (QED) is 0.466. The summed E-state index contributed by atoms with van der Waals surface area (Å²) in [6.45, 7) is 1.58. The first-order valence-corrected chi connectivity index (χ1v) is 3.57. The fraction of sp³-hybridized carbons (Fsp3) is 0.500. The monoisotopic (exact) mass is 150 g/mol. The summed E-state index contributed by atoms with van der Waals surface area (Å²) in [6.07, 6.45) is 1.83. The molecule has 1 saturated carbocycles. The molecule has 0 radical (unpaired) electrons. The van der Waals surface area contributed by atoms with Crippen LogP contribution in [0.4, 0.5) is 0 Å². The molecule has 0 aliphatic heterocycles. The largest absolute Gasteiger partial charge is 0.401 e. The number of ketones is 1. The first-order chi connectivity index (χ1) is 5.16. The summed E-state index contributed by atoms with van der Waals surface area (Å²) in [7, 11) is 0. The number of hydrogen-bond acceptors (Lipinski definition) is 3. The van der Waals surface area contributed by atoms with Crippen LogP contribution >= 0.6 is 0 Å². The van der Waals surface area contributed by atoms with Gasteiger partial charge in [0.15, 0.2) is 5.78 Å². The van der Waals surface area contributed by atoms with Gasteiger partial charge in [-0.2, -0.15) is 5.26 Å². The van der Waals surface area contributed by atoms with E-state index in [9.17, 15) is 4.79 Å². The van der Waals surface area contributed by atoms with Gasteiger partial charge in [0.2, 0.25) is 0 Å². The van der Waals surface area contributed by atoms with E-state index < -0.39 is 0 Å². The van der Waals surface area contributed by atoms with Crippen LogP contribution in [0.25, 0.3) is 0 Å². The first-order valence-electron chi connectivity index (χ1n) is 3.57. The Morgan fingerprint density at radius 3 is 2.45 bits per heavy atom. The molecule has 0 heterocycles. The molecule has 1 aliphatic carbocycles. The van der Waals surface area contributed by atoms with Gasteiger partial charge in [0.1, 0.15) is 11.6 Å². The molecule has 0 atom stereocenters. The standard InChI is InChI=1S/C8H10N2O/c1-5(10)7(4-9)8(11)6-2-3-6/h6H,2-3,10H2,1H3. The number of nitrogens with zero attached hydrogens (tertiary/aromatic N) is 1. The lowest BCUT2D eigenvalue weighted by Crippen LogP contribution is -2.09. The highest BCUT2D eigenvalue weighted by Crippen LogP contribution is 2.32. The van der Waals surface area contributed by atoms with E-state index in [2.05, 4.69) is 0 Å². The minimum atomic E-state index is -0.0764. The topological polar surface area (TPSA) is 66.9 Å². The van der Waals surface area contributed by atoms with Crippen LogP contribution in [-0.4, -0.2) is 5.78 Å². The maximum atomic E-state index is 11.2. The minimum absolute atomic E-state index is 0.0764. The van der Waals surface area contributed by atoms with Crippen molar-refractivity contribution >= 4 is 5.78 Å². The van der Waals surface area contributed by atoms with Gasteiger partial charge < -0.3 is 5.73 Å². The maximum Gasteiger partial charge on any atom is 0.178 e. The van der Waals surface area contributed by atoms with Crippen LogP contribution in [0.3, 0.4) is 0 Å². The Morgan fingerprint density at radius 2 is 2.18 bits per heavy atom. The van der Waals surface area contributed by atoms with Gasteiger partial charge in [-0.15, -0.1) is 0 Å². The molecule has 3 heteroatoms. The number of hydrogen-bond donors (Lipinski definition) is 1. The Morgan fingerprint density at radius 1 is 1.64 bits per heavy atom. The highest BCUT2D eigenvalue weighted by Gasteiger charge is 2.32. The third-order valence-corrected chi connectivity index (χ3v) is 1.70. The van der Waals surface area contributed by atoms with E-state index in [0.29, 0.717) is 5.70 Å². The summed E-state index contributed by atoms with van der Waals surface area (Å²) in [6, 6.07) is 1.83. The van der Waals surface area contributed by atoms with E-state index in [1.165, 1.54) is 0 Å². The van der Waals surface area contributed by atoms with Crippen LogP contribution in [0.5, 0.6) is 0 Å². The molecule has 0 saturated heterocycles. The maximum absolute atomic E-state index is 11.2. The molecule has 0 aromatic heterocycles. The van der Waals surface area contributed by atoms with Crippen LogP contribution in [0.2, 0.25) is 0 Å². The highest BCUT2D eigenvalue weighted by molar-refractivity contribution is 6.02. The molecule has 58 valence electrons. The molecular formula is C8H10N2O. The van der Waals surface area contributed by atoms with Crippen LogP contribution in [-0.2, 0) is 4.79 Å². The van der Waals surface area contributed by atoms with Crippen molar-refractivity contribution in [3.05, 3.63) is 11.3 Å². The summed E-state index contributed by atoms with van der Waals surface area (Å²) < 4.78 is 0. The molecule has 3 nitrogen and oxygen atoms in total. The molecule has 1 fully saturated rings. The van der Waals surface area contributed by atoms with Crippen molar-refractivity contribution in [1.29, 1.82) is 5.26 Å². The molecule has 1 aliphatic rings. The second-order valence-electron chi connectivity index (χ2n) is 2.81. The zero-order valence-corrected chi connectivity index (χ0v) is 6.42. The molecule has 1 rings (SSSR count). The van der Waals surface area contributed by atoms with E-state index >= 15 is 0 Å². The van der Waals surface area contributed by atoms with Crippen molar-refractivity contribution in [3.8, 4) is 6.07 Å². The van der Waals surface area contributed by atoms with E-state index in [4.69, 9.17) is 11.0 Å². The Labute approximate surface area is 65.5 Å². The number of nitrogens with two attached hydrogens (primary N) is 1. The van der Waals surface area contributed by atoms with Crippen molar-refractivity contribution in [2.75, 3.05) is 0 Å². The number of carbonyl (C=O) groups is 1. The highest BCUT2D eigenvalue weighted by atomic mass is 16.1. The Kier molecular flexibility index (Phi) is 1.95. The second kappa shape index (κ2) is 2.75. The van der Waals surface area contributed by atoms with Gasteiger partial charge in [0, 0.05) is 11.6 Å². The molecule has 0 spiro atoms.